The van der Waals surface area contributed by atoms with Gasteiger partial charge in [0.25, 0.3) is 12.3 Å². The largest absolute Gasteiger partial charge is 0.393 e. The molecule has 25 heavy (non-hydrogen) atoms. The van der Waals surface area contributed by atoms with E-state index in [0.29, 0.717) is 31.4 Å². The van der Waals surface area contributed by atoms with Crippen LogP contribution in [0.3, 0.4) is 0 Å². The summed E-state index contributed by atoms with van der Waals surface area (Å²) in [6.07, 6.45) is 2.32. The molecule has 0 aliphatic heterocycles. The molecule has 9 heteroatoms. The number of carbonyl (C=O) groups is 1. The molecule has 0 aromatic carbocycles. The van der Waals surface area contributed by atoms with E-state index in [2.05, 4.69) is 20.3 Å². The van der Waals surface area contributed by atoms with E-state index in [1.807, 2.05) is 0 Å². The van der Waals surface area contributed by atoms with E-state index in [-0.39, 0.29) is 23.7 Å². The summed E-state index contributed by atoms with van der Waals surface area (Å²) in [4.78, 5) is 24.2. The summed E-state index contributed by atoms with van der Waals surface area (Å²) in [6.45, 7) is 0. The van der Waals surface area contributed by atoms with Crippen LogP contribution in [0.25, 0.3) is 11.4 Å². The van der Waals surface area contributed by atoms with Gasteiger partial charge in [-0.1, -0.05) is 0 Å². The molecular formula is C16H19F2N5O2. The van der Waals surface area contributed by atoms with Gasteiger partial charge in [-0.2, -0.15) is 0 Å². The topological polar surface area (TPSA) is 92.9 Å². The fraction of sp³-hybridized carbons (Fsp3) is 0.500. The summed E-state index contributed by atoms with van der Waals surface area (Å²) < 4.78 is 28.0. The molecule has 1 aliphatic rings. The van der Waals surface area contributed by atoms with Crippen molar-refractivity contribution in [3.8, 4) is 11.4 Å². The molecule has 1 saturated carbocycles. The lowest BCUT2D eigenvalue weighted by Gasteiger charge is -2.25. The minimum atomic E-state index is -2.81. The lowest BCUT2D eigenvalue weighted by atomic mass is 9.93. The van der Waals surface area contributed by atoms with Crippen LogP contribution in [0.15, 0.2) is 18.6 Å². The van der Waals surface area contributed by atoms with Crippen molar-refractivity contribution < 1.29 is 18.7 Å². The van der Waals surface area contributed by atoms with E-state index >= 15 is 0 Å². The van der Waals surface area contributed by atoms with Crippen molar-refractivity contribution in [1.29, 1.82) is 0 Å². The first-order valence-electron chi connectivity index (χ1n) is 8.06. The zero-order valence-electron chi connectivity index (χ0n) is 13.7. The third kappa shape index (κ3) is 3.98. The van der Waals surface area contributed by atoms with Crippen LogP contribution in [0.4, 0.5) is 8.78 Å². The molecule has 1 fully saturated rings. The predicted octanol–water partition coefficient (Wildman–Crippen LogP) is 1.85. The number of hydrogen-bond acceptors (Lipinski definition) is 5. The summed E-state index contributed by atoms with van der Waals surface area (Å²) in [5, 5.41) is 12.3. The highest BCUT2D eigenvalue weighted by Crippen LogP contribution is 2.23. The second-order valence-corrected chi connectivity index (χ2v) is 6.17. The van der Waals surface area contributed by atoms with Crippen molar-refractivity contribution in [3.05, 3.63) is 30.1 Å². The van der Waals surface area contributed by atoms with Gasteiger partial charge in [-0.25, -0.2) is 23.7 Å². The van der Waals surface area contributed by atoms with Crippen LogP contribution in [-0.4, -0.2) is 42.7 Å². The van der Waals surface area contributed by atoms with Crippen molar-refractivity contribution in [2.75, 3.05) is 0 Å². The number of amides is 1. The van der Waals surface area contributed by atoms with Gasteiger partial charge in [0, 0.05) is 13.1 Å². The van der Waals surface area contributed by atoms with Crippen LogP contribution in [0.2, 0.25) is 0 Å². The highest BCUT2D eigenvalue weighted by Gasteiger charge is 2.24. The molecule has 0 spiro atoms. The standard InChI is InChI=1S/C16H19F2N5O2/c1-23-8-19-7-13(23)11-6-12(14(17)18)22-15(21-11)16(25)20-9-2-4-10(24)5-3-9/h6-10,14,24H,2-5H2,1H3,(H,20,25)/t9-,10-. The predicted molar refractivity (Wildman–Crippen MR) is 84.9 cm³/mol. The van der Waals surface area contributed by atoms with Gasteiger partial charge in [-0.3, -0.25) is 4.79 Å². The molecule has 2 N–H and O–H groups in total. The van der Waals surface area contributed by atoms with Crippen LogP contribution in [0, 0.1) is 0 Å². The van der Waals surface area contributed by atoms with Crippen LogP contribution < -0.4 is 5.32 Å². The number of halogens is 2. The second kappa shape index (κ2) is 7.22. The maximum Gasteiger partial charge on any atom is 0.289 e. The Bertz CT molecular complexity index is 757. The Kier molecular flexibility index (Phi) is 5.03. The molecule has 2 aromatic rings. The fourth-order valence-electron chi connectivity index (χ4n) is 2.88. The van der Waals surface area contributed by atoms with E-state index in [1.165, 1.54) is 12.5 Å². The van der Waals surface area contributed by atoms with Crippen LogP contribution in [-0.2, 0) is 7.05 Å². The summed E-state index contributed by atoms with van der Waals surface area (Å²) in [6, 6.07) is 1.05. The molecule has 134 valence electrons. The molecule has 0 unspecified atom stereocenters. The molecule has 3 rings (SSSR count). The number of alkyl halides is 2. The average molecular weight is 351 g/mol. The Hall–Kier alpha value is -2.42. The lowest BCUT2D eigenvalue weighted by molar-refractivity contribution is 0.0856. The monoisotopic (exact) mass is 351 g/mol. The quantitative estimate of drug-likeness (QED) is 0.877. The van der Waals surface area contributed by atoms with E-state index < -0.39 is 18.0 Å². The van der Waals surface area contributed by atoms with Crippen molar-refractivity contribution in [1.82, 2.24) is 24.8 Å². The van der Waals surface area contributed by atoms with Gasteiger partial charge in [0.05, 0.1) is 30.0 Å². The van der Waals surface area contributed by atoms with Crippen LogP contribution in [0.1, 0.15) is 48.4 Å². The number of rotatable bonds is 4. The first kappa shape index (κ1) is 17.4. The van der Waals surface area contributed by atoms with Gasteiger partial charge < -0.3 is 15.0 Å². The van der Waals surface area contributed by atoms with Crippen molar-refractivity contribution in [3.63, 3.8) is 0 Å². The molecule has 2 aromatic heterocycles. The van der Waals surface area contributed by atoms with Crippen LogP contribution >= 0.6 is 0 Å². The van der Waals surface area contributed by atoms with Gasteiger partial charge in [0.1, 0.15) is 5.69 Å². The molecular weight excluding hydrogens is 332 g/mol. The SMILES string of the molecule is Cn1cncc1-c1cc(C(F)F)nc(C(=O)N[C@H]2CC[C@H](O)CC2)n1. The number of imidazole rings is 1. The zero-order valence-corrected chi connectivity index (χ0v) is 13.7. The summed E-state index contributed by atoms with van der Waals surface area (Å²) in [5.74, 6) is -0.882. The van der Waals surface area contributed by atoms with Gasteiger partial charge in [0.2, 0.25) is 5.82 Å². The van der Waals surface area contributed by atoms with E-state index in [4.69, 9.17) is 0 Å². The second-order valence-electron chi connectivity index (χ2n) is 6.17. The van der Waals surface area contributed by atoms with E-state index in [9.17, 15) is 18.7 Å². The zero-order chi connectivity index (χ0) is 18.0. The first-order valence-corrected chi connectivity index (χ1v) is 8.06. The third-order valence-corrected chi connectivity index (χ3v) is 4.28. The molecule has 0 radical (unpaired) electrons. The van der Waals surface area contributed by atoms with Crippen molar-refractivity contribution in [2.24, 2.45) is 7.05 Å². The minimum absolute atomic E-state index is 0.116. The smallest absolute Gasteiger partial charge is 0.289 e. The Labute approximate surface area is 143 Å². The molecule has 2 heterocycles. The number of aliphatic hydroxyl groups excluding tert-OH is 1. The Balaban J connectivity index is 1.86. The summed E-state index contributed by atoms with van der Waals surface area (Å²) in [5.41, 5.74) is 0.226. The van der Waals surface area contributed by atoms with Gasteiger partial charge >= 0.3 is 0 Å². The number of aromatic nitrogens is 4. The van der Waals surface area contributed by atoms with Crippen LogP contribution in [0.5, 0.6) is 0 Å². The molecule has 1 aliphatic carbocycles. The maximum atomic E-state index is 13.2. The van der Waals surface area contributed by atoms with Gasteiger partial charge in [0.15, 0.2) is 0 Å². The number of aryl methyl sites for hydroxylation is 1. The Morgan fingerprint density at radius 2 is 2.04 bits per heavy atom. The third-order valence-electron chi connectivity index (χ3n) is 4.28. The van der Waals surface area contributed by atoms with Gasteiger partial charge in [-0.05, 0) is 31.7 Å². The average Bonchev–Trinajstić information content (AvgIpc) is 3.02. The maximum absolute atomic E-state index is 13.2. The minimum Gasteiger partial charge on any atom is -0.393 e. The summed E-state index contributed by atoms with van der Waals surface area (Å²) >= 11 is 0. The number of carbonyl (C=O) groups excluding carboxylic acids is 1. The summed E-state index contributed by atoms with van der Waals surface area (Å²) in [7, 11) is 1.71. The molecule has 1 amide bonds. The van der Waals surface area contributed by atoms with Crippen molar-refractivity contribution >= 4 is 5.91 Å². The number of aliphatic hydroxyl groups is 1. The van der Waals surface area contributed by atoms with E-state index in [1.54, 1.807) is 11.6 Å². The number of nitrogens with one attached hydrogen (secondary N) is 1. The molecule has 0 atom stereocenters. The molecule has 0 saturated heterocycles. The van der Waals surface area contributed by atoms with Gasteiger partial charge in [-0.15, -0.1) is 0 Å². The highest BCUT2D eigenvalue weighted by atomic mass is 19.3. The number of hydrogen-bond donors (Lipinski definition) is 2. The Morgan fingerprint density at radius 1 is 1.32 bits per heavy atom. The van der Waals surface area contributed by atoms with Crippen molar-refractivity contribution in [2.45, 2.75) is 44.3 Å². The fourth-order valence-corrected chi connectivity index (χ4v) is 2.88. The highest BCUT2D eigenvalue weighted by molar-refractivity contribution is 5.91. The number of nitrogens with zero attached hydrogens (tertiary/aromatic N) is 4. The Morgan fingerprint density at radius 3 is 2.64 bits per heavy atom. The normalized spacial score (nSPS) is 20.7. The molecule has 0 bridgehead atoms. The lowest BCUT2D eigenvalue weighted by Crippen LogP contribution is -2.39. The van der Waals surface area contributed by atoms with E-state index in [0.717, 1.165) is 6.07 Å². The first-order chi connectivity index (χ1) is 11.9. The molecule has 7 nitrogen and oxygen atoms in total.